The van der Waals surface area contributed by atoms with Crippen molar-refractivity contribution in [2.24, 2.45) is 10.4 Å². The highest BCUT2D eigenvalue weighted by Gasteiger charge is 2.36. The molecule has 1 unspecified atom stereocenters. The summed E-state index contributed by atoms with van der Waals surface area (Å²) in [5.41, 5.74) is -0.541. The lowest BCUT2D eigenvalue weighted by Gasteiger charge is -2.40. The number of guanidine groups is 1. The van der Waals surface area contributed by atoms with Gasteiger partial charge in [0.25, 0.3) is 0 Å². The number of nitrogens with one attached hydrogen (secondary N) is 2. The highest BCUT2D eigenvalue weighted by molar-refractivity contribution is 14.0. The highest BCUT2D eigenvalue weighted by Crippen LogP contribution is 2.44. The van der Waals surface area contributed by atoms with Gasteiger partial charge in [-0.25, -0.2) is 0 Å². The Kier molecular flexibility index (Phi) is 11.9. The fraction of sp³-hybridized carbons (Fsp3) is 0.667. The van der Waals surface area contributed by atoms with Crippen molar-refractivity contribution >= 4 is 29.9 Å². The predicted molar refractivity (Wildman–Crippen MR) is 125 cm³/mol. The van der Waals surface area contributed by atoms with Crippen molar-refractivity contribution in [3.8, 4) is 5.75 Å². The Bertz CT molecular complexity index is 668. The summed E-state index contributed by atoms with van der Waals surface area (Å²) in [5, 5.41) is 16.4. The monoisotopic (exact) mass is 559 g/mol. The predicted octanol–water partition coefficient (Wildman–Crippen LogP) is 3.83. The SMILES string of the molecule is CCNC(=NCC1(CCOC)CCC1)NCC(O)COc1ccc(C(F)(F)F)cc1.I. The van der Waals surface area contributed by atoms with Crippen LogP contribution in [0.3, 0.4) is 0 Å². The van der Waals surface area contributed by atoms with E-state index < -0.39 is 17.8 Å². The molecule has 0 bridgehead atoms. The lowest BCUT2D eigenvalue weighted by molar-refractivity contribution is -0.137. The van der Waals surface area contributed by atoms with Gasteiger partial charge in [0.1, 0.15) is 18.5 Å². The molecule has 0 heterocycles. The second-order valence-corrected chi connectivity index (χ2v) is 7.66. The molecule has 1 saturated carbocycles. The van der Waals surface area contributed by atoms with E-state index in [0.29, 0.717) is 19.0 Å². The van der Waals surface area contributed by atoms with Crippen molar-refractivity contribution in [2.75, 3.05) is 40.0 Å². The number of halogens is 4. The van der Waals surface area contributed by atoms with Gasteiger partial charge >= 0.3 is 6.18 Å². The van der Waals surface area contributed by atoms with E-state index in [-0.39, 0.29) is 48.3 Å². The lowest BCUT2D eigenvalue weighted by atomic mass is 9.67. The Morgan fingerprint density at radius 3 is 2.42 bits per heavy atom. The number of hydrogen-bond donors (Lipinski definition) is 3. The third-order valence-corrected chi connectivity index (χ3v) is 5.30. The first kappa shape index (κ1) is 27.8. The summed E-state index contributed by atoms with van der Waals surface area (Å²) in [7, 11) is 1.70. The largest absolute Gasteiger partial charge is 0.491 e. The number of aliphatic hydroxyl groups excluding tert-OH is 1. The molecular formula is C21H33F3IN3O3. The number of ether oxygens (including phenoxy) is 2. The molecule has 0 radical (unpaired) electrons. The Hall–Kier alpha value is -1.27. The third-order valence-electron chi connectivity index (χ3n) is 5.30. The number of aliphatic imine (C=N–C) groups is 1. The quantitative estimate of drug-likeness (QED) is 0.219. The molecule has 10 heteroatoms. The van der Waals surface area contributed by atoms with Crippen LogP contribution >= 0.6 is 24.0 Å². The van der Waals surface area contributed by atoms with E-state index in [1.807, 2.05) is 6.92 Å². The maximum atomic E-state index is 12.6. The molecule has 0 aromatic heterocycles. The van der Waals surface area contributed by atoms with E-state index in [0.717, 1.165) is 38.0 Å². The van der Waals surface area contributed by atoms with Gasteiger partial charge in [0, 0.05) is 33.4 Å². The van der Waals surface area contributed by atoms with E-state index in [2.05, 4.69) is 15.6 Å². The van der Waals surface area contributed by atoms with Crippen LogP contribution in [-0.2, 0) is 10.9 Å². The first-order chi connectivity index (χ1) is 14.3. The van der Waals surface area contributed by atoms with Crippen LogP contribution in [0.1, 0.15) is 38.2 Å². The number of nitrogens with zero attached hydrogens (tertiary/aromatic N) is 1. The van der Waals surface area contributed by atoms with Gasteiger partial charge in [-0.1, -0.05) is 6.42 Å². The van der Waals surface area contributed by atoms with E-state index in [1.165, 1.54) is 18.6 Å². The summed E-state index contributed by atoms with van der Waals surface area (Å²) >= 11 is 0. The molecule has 1 aliphatic carbocycles. The fourth-order valence-corrected chi connectivity index (χ4v) is 3.28. The number of aliphatic hydroxyl groups is 1. The molecule has 1 aliphatic rings. The molecule has 0 aliphatic heterocycles. The summed E-state index contributed by atoms with van der Waals surface area (Å²) in [4.78, 5) is 4.66. The number of methoxy groups -OCH3 is 1. The van der Waals surface area contributed by atoms with Crippen LogP contribution in [0.25, 0.3) is 0 Å². The van der Waals surface area contributed by atoms with Crippen LogP contribution in [0.15, 0.2) is 29.3 Å². The van der Waals surface area contributed by atoms with Crippen LogP contribution < -0.4 is 15.4 Å². The van der Waals surface area contributed by atoms with Gasteiger partial charge < -0.3 is 25.2 Å². The topological polar surface area (TPSA) is 75.1 Å². The van der Waals surface area contributed by atoms with Crippen molar-refractivity contribution in [3.05, 3.63) is 29.8 Å². The maximum absolute atomic E-state index is 12.6. The molecule has 1 aromatic carbocycles. The summed E-state index contributed by atoms with van der Waals surface area (Å²) in [6.45, 7) is 4.23. The average molecular weight is 559 g/mol. The second-order valence-electron chi connectivity index (χ2n) is 7.66. The third kappa shape index (κ3) is 9.40. The molecule has 2 rings (SSSR count). The smallest absolute Gasteiger partial charge is 0.416 e. The minimum absolute atomic E-state index is 0. The van der Waals surface area contributed by atoms with Crippen LogP contribution in [0.5, 0.6) is 5.75 Å². The second kappa shape index (κ2) is 13.3. The summed E-state index contributed by atoms with van der Waals surface area (Å²) < 4.78 is 48.3. The normalized spacial score (nSPS) is 16.6. The molecule has 1 aromatic rings. The number of hydrogen-bond acceptors (Lipinski definition) is 4. The number of alkyl halides is 3. The Morgan fingerprint density at radius 1 is 1.23 bits per heavy atom. The van der Waals surface area contributed by atoms with Crippen molar-refractivity contribution < 1.29 is 27.8 Å². The summed E-state index contributed by atoms with van der Waals surface area (Å²) in [5.74, 6) is 0.891. The van der Waals surface area contributed by atoms with Crippen molar-refractivity contribution in [1.82, 2.24) is 10.6 Å². The molecule has 1 atom stereocenters. The van der Waals surface area contributed by atoms with E-state index in [1.54, 1.807) is 7.11 Å². The van der Waals surface area contributed by atoms with Gasteiger partial charge in [0.15, 0.2) is 5.96 Å². The van der Waals surface area contributed by atoms with Crippen molar-refractivity contribution in [2.45, 2.75) is 44.9 Å². The average Bonchev–Trinajstić information content (AvgIpc) is 2.69. The van der Waals surface area contributed by atoms with Gasteiger partial charge in [0.05, 0.1) is 5.56 Å². The fourth-order valence-electron chi connectivity index (χ4n) is 3.28. The van der Waals surface area contributed by atoms with Gasteiger partial charge in [-0.2, -0.15) is 13.2 Å². The Labute approximate surface area is 199 Å². The maximum Gasteiger partial charge on any atom is 0.416 e. The first-order valence-corrected chi connectivity index (χ1v) is 10.3. The molecule has 3 N–H and O–H groups in total. The summed E-state index contributed by atoms with van der Waals surface area (Å²) in [6.07, 6.45) is -0.751. The molecule has 31 heavy (non-hydrogen) atoms. The standard InChI is InChI=1S/C21H32F3N3O3.HI/c1-3-25-19(27-15-20(9-4-10-20)11-12-29-2)26-13-17(28)14-30-18-7-5-16(6-8-18)21(22,23)24;/h5-8,17,28H,3-4,9-15H2,1-2H3,(H2,25,26,27);1H. The van der Waals surface area contributed by atoms with Crippen LogP contribution in [0, 0.1) is 5.41 Å². The zero-order valence-electron chi connectivity index (χ0n) is 18.0. The van der Waals surface area contributed by atoms with Crippen molar-refractivity contribution in [3.63, 3.8) is 0 Å². The lowest BCUT2D eigenvalue weighted by Crippen LogP contribution is -2.44. The minimum atomic E-state index is -4.38. The molecule has 178 valence electrons. The van der Waals surface area contributed by atoms with Crippen LogP contribution in [-0.4, -0.2) is 57.1 Å². The van der Waals surface area contributed by atoms with E-state index >= 15 is 0 Å². The molecule has 1 fully saturated rings. The minimum Gasteiger partial charge on any atom is -0.491 e. The zero-order valence-corrected chi connectivity index (χ0v) is 20.3. The first-order valence-electron chi connectivity index (χ1n) is 10.3. The zero-order chi connectivity index (χ0) is 22.0. The molecule has 0 saturated heterocycles. The van der Waals surface area contributed by atoms with Gasteiger partial charge in [-0.3, -0.25) is 4.99 Å². The van der Waals surface area contributed by atoms with Crippen LogP contribution in [0.2, 0.25) is 0 Å². The molecule has 0 spiro atoms. The number of rotatable bonds is 11. The van der Waals surface area contributed by atoms with Crippen LogP contribution in [0.4, 0.5) is 13.2 Å². The highest BCUT2D eigenvalue weighted by atomic mass is 127. The van der Waals surface area contributed by atoms with Gasteiger partial charge in [-0.15, -0.1) is 24.0 Å². The Balaban J connectivity index is 0.00000480. The molecular weight excluding hydrogens is 526 g/mol. The summed E-state index contributed by atoms with van der Waals surface area (Å²) in [6, 6.07) is 4.39. The van der Waals surface area contributed by atoms with Gasteiger partial charge in [0.2, 0.25) is 0 Å². The van der Waals surface area contributed by atoms with E-state index in [9.17, 15) is 18.3 Å². The molecule has 6 nitrogen and oxygen atoms in total. The Morgan fingerprint density at radius 2 is 1.90 bits per heavy atom. The van der Waals surface area contributed by atoms with Crippen molar-refractivity contribution in [1.29, 1.82) is 0 Å². The van der Waals surface area contributed by atoms with Gasteiger partial charge in [-0.05, 0) is 55.9 Å². The van der Waals surface area contributed by atoms with E-state index in [4.69, 9.17) is 9.47 Å². The number of benzene rings is 1. The molecule has 0 amide bonds.